The van der Waals surface area contributed by atoms with Crippen LogP contribution in [0.25, 0.3) is 0 Å². The Labute approximate surface area is 148 Å². The number of ether oxygens (including phenoxy) is 2. The fourth-order valence-corrected chi connectivity index (χ4v) is 3.70. The maximum atomic E-state index is 9.99. The molecule has 2 fully saturated rings. The van der Waals surface area contributed by atoms with Gasteiger partial charge in [0.15, 0.2) is 0 Å². The lowest BCUT2D eigenvalue weighted by Crippen LogP contribution is -2.26. The summed E-state index contributed by atoms with van der Waals surface area (Å²) in [5.74, 6) is 0.490. The summed E-state index contributed by atoms with van der Waals surface area (Å²) in [6.45, 7) is 9.73. The fraction of sp³-hybridized carbons (Fsp3) is 0.429. The summed E-state index contributed by atoms with van der Waals surface area (Å²) in [7, 11) is 0. The largest absolute Gasteiger partial charge is 0.508 e. The topological polar surface area (TPSA) is 65.5 Å². The number of aromatic hydroxyl groups is 2. The molecule has 4 nitrogen and oxygen atoms in total. The van der Waals surface area contributed by atoms with Crippen molar-refractivity contribution in [2.45, 2.75) is 44.3 Å². The van der Waals surface area contributed by atoms with Gasteiger partial charge in [-0.1, -0.05) is 26.0 Å². The Kier molecular flexibility index (Phi) is 3.28. The summed E-state index contributed by atoms with van der Waals surface area (Å²) >= 11 is 0. The van der Waals surface area contributed by atoms with Crippen LogP contribution in [-0.2, 0) is 26.1 Å². The first kappa shape index (κ1) is 16.4. The highest BCUT2D eigenvalue weighted by molar-refractivity contribution is 5.53. The number of phenols is 2. The van der Waals surface area contributed by atoms with Crippen LogP contribution in [0, 0.1) is 0 Å². The van der Waals surface area contributed by atoms with Crippen LogP contribution < -0.4 is 0 Å². The average molecular weight is 340 g/mol. The molecule has 2 aromatic carbocycles. The summed E-state index contributed by atoms with van der Waals surface area (Å²) in [6, 6.07) is 11.0. The first-order valence-corrected chi connectivity index (χ1v) is 8.62. The summed E-state index contributed by atoms with van der Waals surface area (Å²) in [6.07, 6.45) is 0. The molecule has 2 aromatic rings. The predicted molar refractivity (Wildman–Crippen MR) is 94.9 cm³/mol. The molecular formula is C21H24O4. The van der Waals surface area contributed by atoms with E-state index in [1.807, 2.05) is 26.0 Å². The van der Waals surface area contributed by atoms with Crippen molar-refractivity contribution < 1.29 is 19.7 Å². The van der Waals surface area contributed by atoms with Crippen LogP contribution in [0.3, 0.4) is 0 Å². The normalized spacial score (nSPS) is 28.0. The Hall–Kier alpha value is -2.04. The minimum atomic E-state index is -0.345. The number of hydrogen-bond donors (Lipinski definition) is 2. The van der Waals surface area contributed by atoms with Gasteiger partial charge in [-0.25, -0.2) is 0 Å². The third-order valence-corrected chi connectivity index (χ3v) is 5.65. The van der Waals surface area contributed by atoms with Crippen molar-refractivity contribution in [2.24, 2.45) is 0 Å². The fourth-order valence-electron chi connectivity index (χ4n) is 3.70. The number of phenolic OH excluding ortho intramolecular Hbond substituents is 2. The van der Waals surface area contributed by atoms with E-state index in [2.05, 4.69) is 13.8 Å². The number of rotatable bonds is 4. The summed E-state index contributed by atoms with van der Waals surface area (Å²) < 4.78 is 11.3. The number of hydrogen-bond acceptors (Lipinski definition) is 4. The Morgan fingerprint density at radius 1 is 0.800 bits per heavy atom. The lowest BCUT2D eigenvalue weighted by atomic mass is 9.71. The van der Waals surface area contributed by atoms with Crippen LogP contribution >= 0.6 is 0 Å². The van der Waals surface area contributed by atoms with Crippen molar-refractivity contribution in [3.63, 3.8) is 0 Å². The van der Waals surface area contributed by atoms with Gasteiger partial charge in [-0.05, 0) is 60.4 Å². The van der Waals surface area contributed by atoms with Crippen molar-refractivity contribution in [1.82, 2.24) is 0 Å². The second-order valence-corrected chi connectivity index (χ2v) is 8.12. The Balaban J connectivity index is 1.90. The van der Waals surface area contributed by atoms with Gasteiger partial charge in [-0.15, -0.1) is 0 Å². The zero-order valence-electron chi connectivity index (χ0n) is 15.1. The van der Waals surface area contributed by atoms with Crippen LogP contribution in [0.1, 0.15) is 49.9 Å². The standard InChI is InChI=1S/C21H24O4/c1-19(2,15-7-5-13(22)9-17(15)20(3)11-24-20)16-8-6-14(23)10-18(16)21(4)12-25-21/h5-10,22-23H,11-12H2,1-4H3. The van der Waals surface area contributed by atoms with E-state index >= 15 is 0 Å². The van der Waals surface area contributed by atoms with Crippen molar-refractivity contribution >= 4 is 0 Å². The summed E-state index contributed by atoms with van der Waals surface area (Å²) in [5.41, 5.74) is 3.22. The lowest BCUT2D eigenvalue weighted by Gasteiger charge is -2.32. The van der Waals surface area contributed by atoms with Crippen LogP contribution in [0.2, 0.25) is 0 Å². The van der Waals surface area contributed by atoms with Crippen molar-refractivity contribution in [3.8, 4) is 11.5 Å². The van der Waals surface area contributed by atoms with Crippen molar-refractivity contribution in [2.75, 3.05) is 13.2 Å². The van der Waals surface area contributed by atoms with Gasteiger partial charge in [0.25, 0.3) is 0 Å². The molecule has 25 heavy (non-hydrogen) atoms. The molecule has 2 atom stereocenters. The van der Waals surface area contributed by atoms with Gasteiger partial charge in [0.05, 0.1) is 13.2 Å². The molecule has 0 aromatic heterocycles. The minimum absolute atomic E-state index is 0.245. The van der Waals surface area contributed by atoms with E-state index < -0.39 is 0 Å². The van der Waals surface area contributed by atoms with E-state index in [9.17, 15) is 10.2 Å². The smallest absolute Gasteiger partial charge is 0.115 e. The third kappa shape index (κ3) is 2.60. The molecule has 2 N–H and O–H groups in total. The van der Waals surface area contributed by atoms with Crippen molar-refractivity contribution in [3.05, 3.63) is 58.7 Å². The maximum Gasteiger partial charge on any atom is 0.115 e. The zero-order chi connectivity index (χ0) is 18.0. The number of epoxide rings is 2. The second kappa shape index (κ2) is 4.99. The van der Waals surface area contributed by atoms with E-state index in [1.54, 1.807) is 24.3 Å². The molecule has 2 unspecified atom stereocenters. The molecular weight excluding hydrogens is 316 g/mol. The second-order valence-electron chi connectivity index (χ2n) is 8.12. The van der Waals surface area contributed by atoms with Crippen LogP contribution in [0.5, 0.6) is 11.5 Å². The monoisotopic (exact) mass is 340 g/mol. The summed E-state index contributed by atoms with van der Waals surface area (Å²) in [4.78, 5) is 0. The maximum absolute atomic E-state index is 9.99. The molecule has 2 heterocycles. The van der Waals surface area contributed by atoms with Crippen LogP contribution in [0.15, 0.2) is 36.4 Å². The predicted octanol–water partition coefficient (Wildman–Crippen LogP) is 3.91. The lowest BCUT2D eigenvalue weighted by molar-refractivity contribution is 0.320. The first-order chi connectivity index (χ1) is 11.7. The minimum Gasteiger partial charge on any atom is -0.508 e. The van der Waals surface area contributed by atoms with E-state index in [0.717, 1.165) is 22.3 Å². The van der Waals surface area contributed by atoms with E-state index in [4.69, 9.17) is 9.47 Å². The highest BCUT2D eigenvalue weighted by Crippen LogP contribution is 2.50. The molecule has 4 rings (SSSR count). The van der Waals surface area contributed by atoms with Crippen LogP contribution in [-0.4, -0.2) is 23.4 Å². The molecule has 2 saturated heterocycles. The molecule has 0 spiro atoms. The Morgan fingerprint density at radius 3 is 1.48 bits per heavy atom. The van der Waals surface area contributed by atoms with E-state index in [1.165, 1.54) is 0 Å². The molecule has 2 aliphatic rings. The molecule has 2 aliphatic heterocycles. The molecule has 0 saturated carbocycles. The molecule has 0 aliphatic carbocycles. The number of benzene rings is 2. The van der Waals surface area contributed by atoms with Gasteiger partial charge in [0, 0.05) is 5.41 Å². The highest BCUT2D eigenvalue weighted by atomic mass is 16.6. The average Bonchev–Trinajstić information content (AvgIpc) is 3.47. The zero-order valence-corrected chi connectivity index (χ0v) is 15.1. The Morgan fingerprint density at radius 2 is 1.16 bits per heavy atom. The Bertz CT molecular complexity index is 775. The molecule has 0 bridgehead atoms. The SMILES string of the molecule is CC1(c2cc(O)ccc2C(C)(C)c2ccc(O)cc2C2(C)CO2)CO1. The molecule has 0 radical (unpaired) electrons. The van der Waals surface area contributed by atoms with Gasteiger partial charge in [0.2, 0.25) is 0 Å². The molecule has 0 amide bonds. The third-order valence-electron chi connectivity index (χ3n) is 5.65. The van der Waals surface area contributed by atoms with E-state index in [0.29, 0.717) is 13.2 Å². The molecule has 132 valence electrons. The molecule has 4 heteroatoms. The first-order valence-electron chi connectivity index (χ1n) is 8.62. The highest BCUT2D eigenvalue weighted by Gasteiger charge is 2.48. The summed E-state index contributed by atoms with van der Waals surface area (Å²) in [5, 5.41) is 20.0. The van der Waals surface area contributed by atoms with Gasteiger partial charge in [-0.2, -0.15) is 0 Å². The van der Waals surface area contributed by atoms with Crippen molar-refractivity contribution in [1.29, 1.82) is 0 Å². The van der Waals surface area contributed by atoms with Gasteiger partial charge < -0.3 is 19.7 Å². The van der Waals surface area contributed by atoms with Crippen LogP contribution in [0.4, 0.5) is 0 Å². The quantitative estimate of drug-likeness (QED) is 0.828. The van der Waals surface area contributed by atoms with Gasteiger partial charge in [0.1, 0.15) is 22.7 Å². The van der Waals surface area contributed by atoms with Gasteiger partial charge in [-0.3, -0.25) is 0 Å². The van der Waals surface area contributed by atoms with E-state index in [-0.39, 0.29) is 28.1 Å². The van der Waals surface area contributed by atoms with Gasteiger partial charge >= 0.3 is 0 Å².